The monoisotopic (exact) mass is 460 g/mol. The number of likely N-dealkylation sites (tertiary alicyclic amines) is 1. The quantitative estimate of drug-likeness (QED) is 0.563. The van der Waals surface area contributed by atoms with Gasteiger partial charge in [0.15, 0.2) is 0 Å². The normalized spacial score (nSPS) is 16.2. The number of hydrogen-bond acceptors (Lipinski definition) is 4. The van der Waals surface area contributed by atoms with Crippen LogP contribution in [0.4, 0.5) is 5.69 Å². The van der Waals surface area contributed by atoms with Gasteiger partial charge >= 0.3 is 0 Å². The van der Waals surface area contributed by atoms with E-state index in [0.717, 1.165) is 30.1 Å². The zero-order chi connectivity index (χ0) is 23.5. The second-order valence-electron chi connectivity index (χ2n) is 9.97. The molecule has 0 saturated carbocycles. The summed E-state index contributed by atoms with van der Waals surface area (Å²) in [6.45, 7) is 10.6. The highest BCUT2D eigenvalue weighted by molar-refractivity contribution is 7.92. The SMILES string of the molecule is CC(C)c1nn(C)c(C(C)C)c1NS(=O)(=O)c1ccc(CCCC2CCN(C)CC2)cc1. The van der Waals surface area contributed by atoms with E-state index in [1.807, 2.05) is 33.0 Å². The first kappa shape index (κ1) is 24.8. The number of nitrogens with zero attached hydrogens (tertiary/aromatic N) is 3. The number of aryl methyl sites for hydroxylation is 2. The predicted molar refractivity (Wildman–Crippen MR) is 132 cm³/mol. The number of sulfonamides is 1. The molecule has 0 aliphatic carbocycles. The third kappa shape index (κ3) is 5.93. The van der Waals surface area contributed by atoms with Gasteiger partial charge in [0.2, 0.25) is 0 Å². The van der Waals surface area contributed by atoms with E-state index in [9.17, 15) is 8.42 Å². The van der Waals surface area contributed by atoms with Crippen molar-refractivity contribution in [3.8, 4) is 0 Å². The molecule has 2 heterocycles. The highest BCUT2D eigenvalue weighted by Crippen LogP contribution is 2.33. The molecule has 7 heteroatoms. The number of rotatable bonds is 9. The molecule has 0 unspecified atom stereocenters. The number of hydrogen-bond donors (Lipinski definition) is 1. The second kappa shape index (κ2) is 10.4. The Bertz CT molecular complexity index is 986. The molecule has 1 aliphatic heterocycles. The van der Waals surface area contributed by atoms with Crippen molar-refractivity contribution >= 4 is 15.7 Å². The number of aromatic nitrogens is 2. The Balaban J connectivity index is 1.67. The average Bonchev–Trinajstić information content (AvgIpc) is 3.05. The lowest BCUT2D eigenvalue weighted by Gasteiger charge is -2.28. The summed E-state index contributed by atoms with van der Waals surface area (Å²) in [6.07, 6.45) is 6.00. The molecule has 1 aromatic carbocycles. The van der Waals surface area contributed by atoms with Gasteiger partial charge < -0.3 is 4.90 Å². The molecule has 0 amide bonds. The Labute approximate surface area is 194 Å². The maximum Gasteiger partial charge on any atom is 0.262 e. The minimum atomic E-state index is -3.68. The van der Waals surface area contributed by atoms with Crippen LogP contribution in [0.2, 0.25) is 0 Å². The molecule has 3 rings (SSSR count). The topological polar surface area (TPSA) is 67.2 Å². The van der Waals surface area contributed by atoms with Crippen molar-refractivity contribution < 1.29 is 8.42 Å². The van der Waals surface area contributed by atoms with E-state index in [4.69, 9.17) is 0 Å². The zero-order valence-electron chi connectivity index (χ0n) is 20.6. The van der Waals surface area contributed by atoms with Crippen molar-refractivity contribution in [3.63, 3.8) is 0 Å². The summed E-state index contributed by atoms with van der Waals surface area (Å²) in [7, 11) is 0.391. The molecular formula is C25H40N4O2S. The summed E-state index contributed by atoms with van der Waals surface area (Å²) in [5.74, 6) is 1.11. The van der Waals surface area contributed by atoms with Crippen LogP contribution in [0.15, 0.2) is 29.2 Å². The van der Waals surface area contributed by atoms with Crippen molar-refractivity contribution in [2.75, 3.05) is 24.9 Å². The number of benzene rings is 1. The van der Waals surface area contributed by atoms with Gasteiger partial charge in [-0.2, -0.15) is 5.10 Å². The van der Waals surface area contributed by atoms with E-state index in [-0.39, 0.29) is 11.8 Å². The Morgan fingerprint density at radius 1 is 1.03 bits per heavy atom. The number of anilines is 1. The third-order valence-electron chi connectivity index (χ3n) is 6.60. The minimum Gasteiger partial charge on any atom is -0.306 e. The number of piperidine rings is 1. The molecule has 2 aromatic rings. The van der Waals surface area contributed by atoms with Gasteiger partial charge in [-0.1, -0.05) is 46.2 Å². The summed E-state index contributed by atoms with van der Waals surface area (Å²) >= 11 is 0. The van der Waals surface area contributed by atoms with Crippen LogP contribution in [0.25, 0.3) is 0 Å². The molecule has 6 nitrogen and oxygen atoms in total. The van der Waals surface area contributed by atoms with E-state index in [0.29, 0.717) is 10.6 Å². The van der Waals surface area contributed by atoms with Crippen molar-refractivity contribution in [2.24, 2.45) is 13.0 Å². The van der Waals surface area contributed by atoms with Crippen molar-refractivity contribution in [3.05, 3.63) is 41.2 Å². The Morgan fingerprint density at radius 2 is 1.66 bits per heavy atom. The Morgan fingerprint density at radius 3 is 2.22 bits per heavy atom. The van der Waals surface area contributed by atoms with Gasteiger partial charge in [-0.05, 0) is 81.3 Å². The van der Waals surface area contributed by atoms with E-state index in [1.165, 1.54) is 37.9 Å². The largest absolute Gasteiger partial charge is 0.306 e. The number of nitrogens with one attached hydrogen (secondary N) is 1. The van der Waals surface area contributed by atoms with Crippen molar-refractivity contribution in [1.29, 1.82) is 0 Å². The van der Waals surface area contributed by atoms with Crippen molar-refractivity contribution in [1.82, 2.24) is 14.7 Å². The first-order valence-electron chi connectivity index (χ1n) is 12.0. The lowest BCUT2D eigenvalue weighted by Crippen LogP contribution is -2.30. The smallest absolute Gasteiger partial charge is 0.262 e. The highest BCUT2D eigenvalue weighted by atomic mass is 32.2. The summed E-state index contributed by atoms with van der Waals surface area (Å²) in [5.41, 5.74) is 3.51. The van der Waals surface area contributed by atoms with Crippen LogP contribution in [0.3, 0.4) is 0 Å². The molecule has 1 fully saturated rings. The Hall–Kier alpha value is -1.86. The fraction of sp³-hybridized carbons (Fsp3) is 0.640. The van der Waals surface area contributed by atoms with Crippen LogP contribution >= 0.6 is 0 Å². The first-order chi connectivity index (χ1) is 15.1. The van der Waals surface area contributed by atoms with Crippen LogP contribution in [0, 0.1) is 5.92 Å². The molecule has 1 aromatic heterocycles. The fourth-order valence-corrected chi connectivity index (χ4v) is 5.79. The van der Waals surface area contributed by atoms with E-state index < -0.39 is 10.0 Å². The van der Waals surface area contributed by atoms with Gasteiger partial charge in [-0.3, -0.25) is 9.40 Å². The van der Waals surface area contributed by atoms with Gasteiger partial charge in [0.05, 0.1) is 22.0 Å². The standard InChI is InChI=1S/C25H40N4O2S/c1-18(2)23-24(25(19(3)4)29(6)26-23)27-32(30,31)22-12-10-20(11-13-22)8-7-9-21-14-16-28(5)17-15-21/h10-13,18-19,21,27H,7-9,14-17H2,1-6H3. The zero-order valence-corrected chi connectivity index (χ0v) is 21.4. The van der Waals surface area contributed by atoms with Crippen LogP contribution in [-0.2, 0) is 23.5 Å². The molecule has 1 aliphatic rings. The van der Waals surface area contributed by atoms with Gasteiger partial charge in [-0.25, -0.2) is 8.42 Å². The first-order valence-corrected chi connectivity index (χ1v) is 13.4. The molecule has 0 radical (unpaired) electrons. The van der Waals surface area contributed by atoms with Gasteiger partial charge in [0, 0.05) is 7.05 Å². The molecule has 1 N–H and O–H groups in total. The minimum absolute atomic E-state index is 0.123. The third-order valence-corrected chi connectivity index (χ3v) is 7.96. The van der Waals surface area contributed by atoms with E-state index in [2.05, 4.69) is 35.6 Å². The summed E-state index contributed by atoms with van der Waals surface area (Å²) < 4.78 is 31.0. The summed E-state index contributed by atoms with van der Waals surface area (Å²) in [6, 6.07) is 7.37. The second-order valence-corrected chi connectivity index (χ2v) is 11.6. The maximum atomic E-state index is 13.2. The summed E-state index contributed by atoms with van der Waals surface area (Å²) in [4.78, 5) is 2.70. The molecule has 178 valence electrons. The molecule has 32 heavy (non-hydrogen) atoms. The lowest BCUT2D eigenvalue weighted by molar-refractivity contribution is 0.210. The van der Waals surface area contributed by atoms with E-state index in [1.54, 1.807) is 16.8 Å². The average molecular weight is 461 g/mol. The Kier molecular flexibility index (Phi) is 8.04. The molecule has 1 saturated heterocycles. The molecule has 0 bridgehead atoms. The van der Waals surface area contributed by atoms with Crippen LogP contribution in [-0.4, -0.2) is 43.2 Å². The van der Waals surface area contributed by atoms with Crippen LogP contribution in [0.5, 0.6) is 0 Å². The predicted octanol–water partition coefficient (Wildman–Crippen LogP) is 5.13. The maximum absolute atomic E-state index is 13.2. The fourth-order valence-electron chi connectivity index (χ4n) is 4.70. The van der Waals surface area contributed by atoms with E-state index >= 15 is 0 Å². The van der Waals surface area contributed by atoms with Gasteiger partial charge in [0.1, 0.15) is 0 Å². The summed E-state index contributed by atoms with van der Waals surface area (Å²) in [5, 5.41) is 4.59. The lowest BCUT2D eigenvalue weighted by atomic mass is 9.91. The van der Waals surface area contributed by atoms with Crippen LogP contribution in [0.1, 0.15) is 82.2 Å². The molecule has 0 spiro atoms. The molecule has 0 atom stereocenters. The van der Waals surface area contributed by atoms with Crippen molar-refractivity contribution in [2.45, 2.75) is 76.5 Å². The highest BCUT2D eigenvalue weighted by Gasteiger charge is 2.25. The van der Waals surface area contributed by atoms with Gasteiger partial charge in [0.25, 0.3) is 10.0 Å². The van der Waals surface area contributed by atoms with Gasteiger partial charge in [-0.15, -0.1) is 0 Å². The van der Waals surface area contributed by atoms with Crippen LogP contribution < -0.4 is 4.72 Å². The molecular weight excluding hydrogens is 420 g/mol.